The molecule has 0 heterocycles. The molecule has 0 fully saturated rings. The lowest BCUT2D eigenvalue weighted by atomic mass is 9.61. The predicted octanol–water partition coefficient (Wildman–Crippen LogP) is 1.49. The number of ether oxygens (including phenoxy) is 1. The molecule has 1 rings (SSSR count). The summed E-state index contributed by atoms with van der Waals surface area (Å²) in [5.41, 5.74) is -0.119. The summed E-state index contributed by atoms with van der Waals surface area (Å²) in [7, 11) is 10.4. The fourth-order valence-corrected chi connectivity index (χ4v) is 1.36. The van der Waals surface area contributed by atoms with Crippen LogP contribution in [0, 0.1) is 0 Å². The summed E-state index contributed by atoms with van der Waals surface area (Å²) in [6.07, 6.45) is 0. The van der Waals surface area contributed by atoms with E-state index in [1.54, 1.807) is 0 Å². The van der Waals surface area contributed by atoms with E-state index < -0.39 is 12.0 Å². The van der Waals surface area contributed by atoms with Gasteiger partial charge in [-0.2, -0.15) is 8.78 Å². The quantitative estimate of drug-likeness (QED) is 0.845. The van der Waals surface area contributed by atoms with Gasteiger partial charge < -0.3 is 9.84 Å². The maximum absolute atomic E-state index is 12.0. The summed E-state index contributed by atoms with van der Waals surface area (Å²) in [5, 5.41) is 7.07. The summed E-state index contributed by atoms with van der Waals surface area (Å²) in [4.78, 5) is 0. The molecule has 0 bridgehead atoms. The smallest absolute Gasteiger partial charge is 0.387 e. The number of halogens is 3. The Labute approximate surface area is 96.6 Å². The van der Waals surface area contributed by atoms with Gasteiger partial charge >= 0.3 is 6.61 Å². The third-order valence-electron chi connectivity index (χ3n) is 1.59. The summed E-state index contributed by atoms with van der Waals surface area (Å²) < 4.78 is 28.7. The van der Waals surface area contributed by atoms with Gasteiger partial charge in [0.05, 0.1) is 0 Å². The van der Waals surface area contributed by atoms with E-state index in [0.29, 0.717) is 4.47 Å². The molecule has 0 saturated heterocycles. The first-order chi connectivity index (χ1) is 6.80. The summed E-state index contributed by atoms with van der Waals surface area (Å²) >= 11 is 3.06. The molecule has 0 aliphatic carbocycles. The fourth-order valence-electron chi connectivity index (χ4n) is 1.02. The lowest BCUT2D eigenvalue weighted by molar-refractivity contribution is -0.0513. The molecule has 0 atom stereocenters. The molecule has 4 radical (unpaired) electrons. The first kappa shape index (κ1) is 12.5. The number of benzene rings is 1. The second kappa shape index (κ2) is 4.53. The van der Waals surface area contributed by atoms with Crippen molar-refractivity contribution in [1.29, 1.82) is 0 Å². The van der Waals surface area contributed by atoms with E-state index in [1.807, 2.05) is 0 Å². The maximum Gasteiger partial charge on any atom is 0.387 e. The van der Waals surface area contributed by atoms with E-state index in [4.69, 9.17) is 15.7 Å². The Hall–Kier alpha value is -0.550. The monoisotopic (exact) mass is 272 g/mol. The van der Waals surface area contributed by atoms with Crippen molar-refractivity contribution >= 4 is 31.6 Å². The number of hydrogen-bond acceptors (Lipinski definition) is 2. The summed E-state index contributed by atoms with van der Waals surface area (Å²) in [6.45, 7) is -3.01. The Balaban J connectivity index is 3.15. The van der Waals surface area contributed by atoms with E-state index in [9.17, 15) is 13.9 Å². The molecule has 1 N–H and O–H groups in total. The number of hydrogen-bond donors (Lipinski definition) is 1. The van der Waals surface area contributed by atoms with Crippen LogP contribution in [-0.2, 0) is 5.40 Å². The van der Waals surface area contributed by atoms with Crippen molar-refractivity contribution in [2.24, 2.45) is 0 Å². The predicted molar refractivity (Wildman–Crippen MR) is 56.2 cm³/mol. The SMILES string of the molecule is [B]C([B])(O)c1ccc(Br)cc1OC(F)F. The van der Waals surface area contributed by atoms with Crippen LogP contribution in [0.3, 0.4) is 0 Å². The van der Waals surface area contributed by atoms with Crippen LogP contribution in [0.2, 0.25) is 0 Å². The average molecular weight is 273 g/mol. The second-order valence-corrected chi connectivity index (χ2v) is 3.76. The van der Waals surface area contributed by atoms with Crippen LogP contribution in [0.4, 0.5) is 8.78 Å². The van der Waals surface area contributed by atoms with Gasteiger partial charge in [-0.05, 0) is 12.1 Å². The molecule has 7 heteroatoms. The Kier molecular flexibility index (Phi) is 3.78. The standard InChI is InChI=1S/C8H5B2BrF2O2/c9-8(10,14)5-2-1-4(11)3-6(5)15-7(12)13/h1-3,7,14H. The summed E-state index contributed by atoms with van der Waals surface area (Å²) in [5.74, 6) is -0.271. The lowest BCUT2D eigenvalue weighted by Crippen LogP contribution is -2.27. The van der Waals surface area contributed by atoms with Gasteiger partial charge in [0, 0.05) is 15.4 Å². The van der Waals surface area contributed by atoms with Crippen LogP contribution in [0.1, 0.15) is 5.56 Å². The first-order valence-corrected chi connectivity index (χ1v) is 4.65. The first-order valence-electron chi connectivity index (χ1n) is 3.85. The maximum atomic E-state index is 12.0. The van der Waals surface area contributed by atoms with Crippen molar-refractivity contribution < 1.29 is 18.6 Å². The normalized spacial score (nSPS) is 11.8. The molecular formula is C8H5B2BrF2O2. The van der Waals surface area contributed by atoms with Crippen LogP contribution in [-0.4, -0.2) is 27.4 Å². The molecule has 0 unspecified atom stereocenters. The fraction of sp³-hybridized carbons (Fsp3) is 0.250. The van der Waals surface area contributed by atoms with Gasteiger partial charge in [-0.25, -0.2) is 0 Å². The topological polar surface area (TPSA) is 29.5 Å². The Bertz CT molecular complexity index is 355. The molecule has 0 spiro atoms. The third-order valence-corrected chi connectivity index (χ3v) is 2.08. The lowest BCUT2D eigenvalue weighted by Gasteiger charge is -2.22. The van der Waals surface area contributed by atoms with Gasteiger partial charge in [0.2, 0.25) is 0 Å². The van der Waals surface area contributed by atoms with Crippen molar-refractivity contribution in [2.45, 2.75) is 12.0 Å². The molecule has 2 nitrogen and oxygen atoms in total. The van der Waals surface area contributed by atoms with Gasteiger partial charge in [0.1, 0.15) is 21.4 Å². The number of rotatable bonds is 3. The molecule has 0 aromatic heterocycles. The third kappa shape index (κ3) is 3.50. The molecule has 0 aliphatic rings. The van der Waals surface area contributed by atoms with Gasteiger partial charge in [-0.3, -0.25) is 0 Å². The highest BCUT2D eigenvalue weighted by molar-refractivity contribution is 9.10. The highest BCUT2D eigenvalue weighted by Gasteiger charge is 2.21. The van der Waals surface area contributed by atoms with Crippen LogP contribution >= 0.6 is 15.9 Å². The van der Waals surface area contributed by atoms with Crippen molar-refractivity contribution in [3.63, 3.8) is 0 Å². The Morgan fingerprint density at radius 1 is 1.40 bits per heavy atom. The Morgan fingerprint density at radius 3 is 2.47 bits per heavy atom. The van der Waals surface area contributed by atoms with Crippen molar-refractivity contribution in [2.75, 3.05) is 0 Å². The molecule has 1 aromatic carbocycles. The minimum atomic E-state index is -3.01. The van der Waals surface area contributed by atoms with Crippen LogP contribution in [0.15, 0.2) is 22.7 Å². The number of aliphatic hydroxyl groups is 1. The van der Waals surface area contributed by atoms with Crippen molar-refractivity contribution in [1.82, 2.24) is 0 Å². The highest BCUT2D eigenvalue weighted by atomic mass is 79.9. The zero-order valence-electron chi connectivity index (χ0n) is 7.45. The molecule has 76 valence electrons. The zero-order chi connectivity index (χ0) is 11.6. The average Bonchev–Trinajstić information content (AvgIpc) is 1.99. The molecule has 15 heavy (non-hydrogen) atoms. The minimum absolute atomic E-state index is 0.119. The number of alkyl halides is 2. The van der Waals surface area contributed by atoms with E-state index in [-0.39, 0.29) is 11.3 Å². The zero-order valence-corrected chi connectivity index (χ0v) is 9.04. The Morgan fingerprint density at radius 2 is 2.00 bits per heavy atom. The molecule has 0 aliphatic heterocycles. The van der Waals surface area contributed by atoms with Crippen LogP contribution in [0.25, 0.3) is 0 Å². The van der Waals surface area contributed by atoms with Crippen LogP contribution < -0.4 is 4.74 Å². The highest BCUT2D eigenvalue weighted by Crippen LogP contribution is 2.30. The van der Waals surface area contributed by atoms with E-state index in [2.05, 4.69) is 20.7 Å². The van der Waals surface area contributed by atoms with Crippen LogP contribution in [0.5, 0.6) is 5.75 Å². The molecule has 0 amide bonds. The van der Waals surface area contributed by atoms with Gasteiger partial charge in [0.15, 0.2) is 0 Å². The van der Waals surface area contributed by atoms with Crippen molar-refractivity contribution in [3.8, 4) is 5.75 Å². The van der Waals surface area contributed by atoms with E-state index in [1.165, 1.54) is 18.2 Å². The van der Waals surface area contributed by atoms with Crippen molar-refractivity contribution in [3.05, 3.63) is 28.2 Å². The largest absolute Gasteiger partial charge is 0.434 e. The van der Waals surface area contributed by atoms with E-state index in [0.717, 1.165) is 0 Å². The second-order valence-electron chi connectivity index (χ2n) is 2.84. The van der Waals surface area contributed by atoms with Gasteiger partial charge in [-0.15, -0.1) is 0 Å². The van der Waals surface area contributed by atoms with Gasteiger partial charge in [-0.1, -0.05) is 22.0 Å². The minimum Gasteiger partial charge on any atom is -0.434 e. The molecule has 0 saturated carbocycles. The summed E-state index contributed by atoms with van der Waals surface area (Å²) in [6, 6.07) is 4.03. The van der Waals surface area contributed by atoms with E-state index >= 15 is 0 Å². The molecular weight excluding hydrogens is 268 g/mol. The van der Waals surface area contributed by atoms with Gasteiger partial charge in [0.25, 0.3) is 0 Å². The molecule has 1 aromatic rings.